The molecule has 0 amide bonds. The minimum Gasteiger partial charge on any atom is -0.568 e. The SMILES string of the molecule is [B]Oc1ccc(-c2ccc(C#N)cc2)cc1. The van der Waals surface area contributed by atoms with Crippen LogP contribution in [0.15, 0.2) is 48.5 Å². The number of nitriles is 1. The van der Waals surface area contributed by atoms with Gasteiger partial charge in [0.05, 0.1) is 17.4 Å². The van der Waals surface area contributed by atoms with Gasteiger partial charge in [-0.25, -0.2) is 0 Å². The highest BCUT2D eigenvalue weighted by atomic mass is 16.4. The Hall–Kier alpha value is -2.21. The Kier molecular flexibility index (Phi) is 2.93. The van der Waals surface area contributed by atoms with Gasteiger partial charge in [0.2, 0.25) is 0 Å². The average molecular weight is 205 g/mol. The van der Waals surface area contributed by atoms with Gasteiger partial charge in [0.15, 0.2) is 0 Å². The molecule has 2 aromatic carbocycles. The summed E-state index contributed by atoms with van der Waals surface area (Å²) in [5, 5.41) is 8.69. The zero-order valence-electron chi connectivity index (χ0n) is 8.55. The number of rotatable bonds is 2. The van der Waals surface area contributed by atoms with E-state index in [-0.39, 0.29) is 0 Å². The van der Waals surface area contributed by atoms with Gasteiger partial charge in [0.1, 0.15) is 0 Å². The summed E-state index contributed by atoms with van der Waals surface area (Å²) in [7, 11) is 5.04. The van der Waals surface area contributed by atoms with Gasteiger partial charge in [-0.2, -0.15) is 5.26 Å². The van der Waals surface area contributed by atoms with Crippen LogP contribution in [0.1, 0.15) is 5.56 Å². The summed E-state index contributed by atoms with van der Waals surface area (Å²) >= 11 is 0. The molecule has 2 nitrogen and oxygen atoms in total. The topological polar surface area (TPSA) is 33.0 Å². The fourth-order valence-corrected chi connectivity index (χ4v) is 1.46. The molecule has 0 spiro atoms. The normalized spacial score (nSPS) is 9.44. The predicted octanol–water partition coefficient (Wildman–Crippen LogP) is 2.69. The van der Waals surface area contributed by atoms with Crippen molar-refractivity contribution in [1.82, 2.24) is 0 Å². The summed E-state index contributed by atoms with van der Waals surface area (Å²) in [5.74, 6) is 0.623. The second kappa shape index (κ2) is 4.54. The zero-order valence-corrected chi connectivity index (χ0v) is 8.55. The molecule has 0 aliphatic rings. The predicted molar refractivity (Wildman–Crippen MR) is 63.0 cm³/mol. The number of nitrogens with zero attached hydrogens (tertiary/aromatic N) is 1. The Morgan fingerprint density at radius 3 is 1.81 bits per heavy atom. The highest BCUT2D eigenvalue weighted by Crippen LogP contribution is 2.22. The van der Waals surface area contributed by atoms with E-state index in [2.05, 4.69) is 10.7 Å². The summed E-state index contributed by atoms with van der Waals surface area (Å²) in [6, 6.07) is 16.9. The van der Waals surface area contributed by atoms with Gasteiger partial charge < -0.3 is 4.65 Å². The maximum Gasteiger partial charge on any atom is 0.374 e. The third-order valence-electron chi connectivity index (χ3n) is 2.34. The summed E-state index contributed by atoms with van der Waals surface area (Å²) < 4.78 is 4.60. The molecule has 0 fully saturated rings. The first-order chi connectivity index (χ1) is 7.83. The van der Waals surface area contributed by atoms with Crippen molar-refractivity contribution < 1.29 is 4.65 Å². The largest absolute Gasteiger partial charge is 0.568 e. The molecular weight excluding hydrogens is 197 g/mol. The van der Waals surface area contributed by atoms with Crippen molar-refractivity contribution in [2.24, 2.45) is 0 Å². The van der Waals surface area contributed by atoms with Crippen molar-refractivity contribution >= 4 is 8.05 Å². The smallest absolute Gasteiger partial charge is 0.374 e. The molecule has 0 saturated carbocycles. The lowest BCUT2D eigenvalue weighted by Crippen LogP contribution is -1.84. The van der Waals surface area contributed by atoms with Crippen LogP contribution in [0.25, 0.3) is 11.1 Å². The third kappa shape index (κ3) is 2.07. The standard InChI is InChI=1S/C13H8BNO/c14-16-13-7-5-12(6-8-13)11-3-1-10(9-15)2-4-11/h1-8H. The van der Waals surface area contributed by atoms with E-state index in [4.69, 9.17) is 13.3 Å². The zero-order chi connectivity index (χ0) is 11.4. The lowest BCUT2D eigenvalue weighted by molar-refractivity contribution is 0.616. The van der Waals surface area contributed by atoms with Crippen molar-refractivity contribution in [3.63, 3.8) is 0 Å². The Balaban J connectivity index is 2.32. The second-order valence-corrected chi connectivity index (χ2v) is 3.33. The van der Waals surface area contributed by atoms with E-state index in [9.17, 15) is 0 Å². The first-order valence-corrected chi connectivity index (χ1v) is 4.81. The number of benzene rings is 2. The third-order valence-corrected chi connectivity index (χ3v) is 2.34. The summed E-state index contributed by atoms with van der Waals surface area (Å²) in [5.41, 5.74) is 2.78. The van der Waals surface area contributed by atoms with E-state index in [1.54, 1.807) is 24.3 Å². The molecule has 0 unspecified atom stereocenters. The molecule has 16 heavy (non-hydrogen) atoms. The summed E-state index contributed by atoms with van der Waals surface area (Å²) in [6.45, 7) is 0. The average Bonchev–Trinajstić information content (AvgIpc) is 2.39. The lowest BCUT2D eigenvalue weighted by atomic mass is 10.0. The second-order valence-electron chi connectivity index (χ2n) is 3.33. The molecule has 74 valence electrons. The highest BCUT2D eigenvalue weighted by molar-refractivity contribution is 5.99. The van der Waals surface area contributed by atoms with E-state index in [0.717, 1.165) is 11.1 Å². The van der Waals surface area contributed by atoms with Gasteiger partial charge in [-0.3, -0.25) is 0 Å². The molecule has 0 atom stereocenters. The molecular formula is C13H8BNO. The van der Waals surface area contributed by atoms with Gasteiger partial charge in [0, 0.05) is 0 Å². The monoisotopic (exact) mass is 205 g/mol. The van der Waals surface area contributed by atoms with Crippen molar-refractivity contribution in [1.29, 1.82) is 5.26 Å². The molecule has 0 bridgehead atoms. The Labute approximate surface area is 95.5 Å². The lowest BCUT2D eigenvalue weighted by Gasteiger charge is -2.03. The van der Waals surface area contributed by atoms with Gasteiger partial charge in [-0.15, -0.1) is 0 Å². The molecule has 0 saturated heterocycles. The highest BCUT2D eigenvalue weighted by Gasteiger charge is 1.98. The van der Waals surface area contributed by atoms with Crippen LogP contribution in [0.4, 0.5) is 0 Å². The van der Waals surface area contributed by atoms with Crippen LogP contribution in [0.5, 0.6) is 5.75 Å². The van der Waals surface area contributed by atoms with Crippen molar-refractivity contribution in [2.45, 2.75) is 0 Å². The Morgan fingerprint density at radius 1 is 0.875 bits per heavy atom. The molecule has 2 rings (SSSR count). The van der Waals surface area contributed by atoms with Crippen LogP contribution in [0.3, 0.4) is 0 Å². The molecule has 0 aliphatic carbocycles. The molecule has 0 aromatic heterocycles. The molecule has 0 aliphatic heterocycles. The van der Waals surface area contributed by atoms with Crippen LogP contribution in [-0.2, 0) is 0 Å². The number of hydrogen-bond acceptors (Lipinski definition) is 2. The number of hydrogen-bond donors (Lipinski definition) is 0. The van der Waals surface area contributed by atoms with E-state index in [0.29, 0.717) is 11.3 Å². The quantitative estimate of drug-likeness (QED) is 0.706. The Bertz CT molecular complexity index is 511. The maximum absolute atomic E-state index is 8.69. The van der Waals surface area contributed by atoms with E-state index >= 15 is 0 Å². The first kappa shape index (κ1) is 10.3. The maximum atomic E-state index is 8.69. The van der Waals surface area contributed by atoms with Crippen molar-refractivity contribution in [3.8, 4) is 22.9 Å². The van der Waals surface area contributed by atoms with Gasteiger partial charge in [0.25, 0.3) is 0 Å². The molecule has 2 aromatic rings. The first-order valence-electron chi connectivity index (χ1n) is 4.81. The molecule has 2 radical (unpaired) electrons. The molecule has 3 heteroatoms. The van der Waals surface area contributed by atoms with Gasteiger partial charge in [-0.05, 0) is 35.4 Å². The Morgan fingerprint density at radius 2 is 1.38 bits per heavy atom. The summed E-state index contributed by atoms with van der Waals surface area (Å²) in [4.78, 5) is 0. The fourth-order valence-electron chi connectivity index (χ4n) is 1.46. The van der Waals surface area contributed by atoms with E-state index in [1.807, 2.05) is 24.3 Å². The van der Waals surface area contributed by atoms with Crippen LogP contribution in [0.2, 0.25) is 0 Å². The minimum atomic E-state index is 0.623. The summed E-state index contributed by atoms with van der Waals surface area (Å²) in [6.07, 6.45) is 0. The van der Waals surface area contributed by atoms with E-state index in [1.165, 1.54) is 0 Å². The fraction of sp³-hybridized carbons (Fsp3) is 0. The van der Waals surface area contributed by atoms with Crippen LogP contribution in [-0.4, -0.2) is 8.05 Å². The molecule has 0 N–H and O–H groups in total. The van der Waals surface area contributed by atoms with Gasteiger partial charge >= 0.3 is 8.05 Å². The van der Waals surface area contributed by atoms with Gasteiger partial charge in [-0.1, -0.05) is 24.3 Å². The van der Waals surface area contributed by atoms with Crippen LogP contribution < -0.4 is 4.65 Å². The van der Waals surface area contributed by atoms with Crippen LogP contribution in [0, 0.1) is 11.3 Å². The van der Waals surface area contributed by atoms with Crippen molar-refractivity contribution in [3.05, 3.63) is 54.1 Å². The van der Waals surface area contributed by atoms with E-state index < -0.39 is 0 Å². The van der Waals surface area contributed by atoms with Crippen molar-refractivity contribution in [2.75, 3.05) is 0 Å². The minimum absolute atomic E-state index is 0.623. The van der Waals surface area contributed by atoms with Crippen LogP contribution >= 0.6 is 0 Å². The molecule has 0 heterocycles.